The molecule has 2 atom stereocenters. The van der Waals surface area contributed by atoms with Crippen molar-refractivity contribution in [3.05, 3.63) is 71.8 Å². The van der Waals surface area contributed by atoms with Crippen LogP contribution in [0.15, 0.2) is 60.7 Å². The molecule has 1 amide bonds. The van der Waals surface area contributed by atoms with Gasteiger partial charge in [-0.2, -0.15) is 0 Å². The Labute approximate surface area is 167 Å². The van der Waals surface area contributed by atoms with E-state index in [4.69, 9.17) is 9.47 Å². The van der Waals surface area contributed by atoms with Crippen molar-refractivity contribution >= 4 is 11.9 Å². The molecule has 2 rings (SSSR count). The number of hydrogen-bond donors (Lipinski definition) is 1. The Kier molecular flexibility index (Phi) is 9.22. The van der Waals surface area contributed by atoms with Gasteiger partial charge in [-0.1, -0.05) is 60.7 Å². The largest absolute Gasteiger partial charge is 0.460 e. The van der Waals surface area contributed by atoms with Gasteiger partial charge in [-0.3, -0.25) is 9.59 Å². The molecule has 0 unspecified atom stereocenters. The van der Waals surface area contributed by atoms with Crippen molar-refractivity contribution in [2.45, 2.75) is 51.9 Å². The number of esters is 1. The SMILES string of the molecule is CC(=O)O[C@@H](CCCC(=O)N[C@H](C)c1ccccc1)COCc1ccccc1. The molecule has 0 heterocycles. The van der Waals surface area contributed by atoms with Gasteiger partial charge in [-0.25, -0.2) is 0 Å². The molecule has 28 heavy (non-hydrogen) atoms. The average molecular weight is 383 g/mol. The highest BCUT2D eigenvalue weighted by atomic mass is 16.6. The van der Waals surface area contributed by atoms with Crippen LogP contribution in [0.1, 0.15) is 50.3 Å². The summed E-state index contributed by atoms with van der Waals surface area (Å²) in [6.45, 7) is 4.13. The molecule has 5 nitrogen and oxygen atoms in total. The van der Waals surface area contributed by atoms with Crippen molar-refractivity contribution in [3.63, 3.8) is 0 Å². The molecule has 0 radical (unpaired) electrons. The van der Waals surface area contributed by atoms with Crippen LogP contribution in [-0.2, 0) is 25.7 Å². The fraction of sp³-hybridized carbons (Fsp3) is 0.391. The lowest BCUT2D eigenvalue weighted by Gasteiger charge is -2.18. The zero-order valence-corrected chi connectivity index (χ0v) is 16.6. The molecule has 0 bridgehead atoms. The zero-order chi connectivity index (χ0) is 20.2. The molecule has 0 fully saturated rings. The van der Waals surface area contributed by atoms with Crippen molar-refractivity contribution in [1.29, 1.82) is 0 Å². The summed E-state index contributed by atoms with van der Waals surface area (Å²) in [6, 6.07) is 19.6. The molecule has 0 aliphatic heterocycles. The Morgan fingerprint density at radius 1 is 1.00 bits per heavy atom. The lowest BCUT2D eigenvalue weighted by atomic mass is 10.1. The van der Waals surface area contributed by atoms with E-state index in [1.165, 1.54) is 6.92 Å². The highest BCUT2D eigenvalue weighted by Crippen LogP contribution is 2.13. The van der Waals surface area contributed by atoms with Crippen LogP contribution in [0, 0.1) is 0 Å². The molecule has 0 saturated heterocycles. The molecule has 0 spiro atoms. The van der Waals surface area contributed by atoms with Crippen molar-refractivity contribution in [2.24, 2.45) is 0 Å². The Morgan fingerprint density at radius 2 is 1.64 bits per heavy atom. The van der Waals surface area contributed by atoms with Gasteiger partial charge in [0, 0.05) is 13.3 Å². The van der Waals surface area contributed by atoms with Crippen LogP contribution in [0.5, 0.6) is 0 Å². The summed E-state index contributed by atoms with van der Waals surface area (Å²) < 4.78 is 11.0. The standard InChI is InChI=1S/C23H29NO4/c1-18(21-12-7-4-8-13-21)24-23(26)15-9-14-22(28-19(2)25)17-27-16-20-10-5-3-6-11-20/h3-8,10-13,18,22H,9,14-17H2,1-2H3,(H,24,26)/t18-,22+/m1/s1. The van der Waals surface area contributed by atoms with Gasteiger partial charge in [-0.15, -0.1) is 0 Å². The van der Waals surface area contributed by atoms with Crippen molar-refractivity contribution in [3.8, 4) is 0 Å². The van der Waals surface area contributed by atoms with Gasteiger partial charge in [0.15, 0.2) is 0 Å². The minimum atomic E-state index is -0.347. The first-order valence-electron chi connectivity index (χ1n) is 9.68. The maximum Gasteiger partial charge on any atom is 0.302 e. The second kappa shape index (κ2) is 11.9. The summed E-state index contributed by atoms with van der Waals surface area (Å²) in [6.07, 6.45) is 1.25. The Hall–Kier alpha value is -2.66. The van der Waals surface area contributed by atoms with Crippen LogP contribution in [0.3, 0.4) is 0 Å². The van der Waals surface area contributed by atoms with Gasteiger partial charge >= 0.3 is 5.97 Å². The Morgan fingerprint density at radius 3 is 2.29 bits per heavy atom. The fourth-order valence-electron chi connectivity index (χ4n) is 2.92. The van der Waals surface area contributed by atoms with Crippen LogP contribution in [0.2, 0.25) is 0 Å². The summed E-state index contributed by atoms with van der Waals surface area (Å²) in [4.78, 5) is 23.5. The Bertz CT molecular complexity index is 718. The van der Waals surface area contributed by atoms with Crippen molar-refractivity contribution in [1.82, 2.24) is 5.32 Å². The van der Waals surface area contributed by atoms with Crippen LogP contribution >= 0.6 is 0 Å². The van der Waals surface area contributed by atoms with Gasteiger partial charge in [0.05, 0.1) is 19.3 Å². The number of carbonyl (C=O) groups excluding carboxylic acids is 2. The maximum absolute atomic E-state index is 12.2. The van der Waals surface area contributed by atoms with Gasteiger partial charge < -0.3 is 14.8 Å². The molecule has 2 aromatic rings. The molecular formula is C23H29NO4. The normalized spacial score (nSPS) is 12.8. The monoisotopic (exact) mass is 383 g/mol. The second-order valence-corrected chi connectivity index (χ2v) is 6.82. The van der Waals surface area contributed by atoms with E-state index in [0.717, 1.165) is 11.1 Å². The number of amides is 1. The molecular weight excluding hydrogens is 354 g/mol. The number of nitrogens with one attached hydrogen (secondary N) is 1. The predicted octanol–water partition coefficient (Wildman–Crippen LogP) is 4.18. The summed E-state index contributed by atoms with van der Waals surface area (Å²) >= 11 is 0. The highest BCUT2D eigenvalue weighted by molar-refractivity contribution is 5.76. The zero-order valence-electron chi connectivity index (χ0n) is 16.6. The van der Waals surface area contributed by atoms with E-state index in [0.29, 0.717) is 32.5 Å². The number of hydrogen-bond acceptors (Lipinski definition) is 4. The molecule has 5 heteroatoms. The van der Waals surface area contributed by atoms with E-state index in [1.54, 1.807) is 0 Å². The molecule has 1 N–H and O–H groups in total. The van der Waals surface area contributed by atoms with Gasteiger partial charge in [0.1, 0.15) is 6.10 Å². The molecule has 150 valence electrons. The lowest BCUT2D eigenvalue weighted by Crippen LogP contribution is -2.27. The predicted molar refractivity (Wildman–Crippen MR) is 109 cm³/mol. The first-order chi connectivity index (χ1) is 13.5. The number of carbonyl (C=O) groups is 2. The number of rotatable bonds is 11. The second-order valence-electron chi connectivity index (χ2n) is 6.82. The first-order valence-corrected chi connectivity index (χ1v) is 9.68. The summed E-state index contributed by atoms with van der Waals surface area (Å²) in [5.74, 6) is -0.349. The minimum Gasteiger partial charge on any atom is -0.460 e. The highest BCUT2D eigenvalue weighted by Gasteiger charge is 2.15. The summed E-state index contributed by atoms with van der Waals surface area (Å²) in [5, 5.41) is 3.00. The minimum absolute atomic E-state index is 0.0110. The smallest absolute Gasteiger partial charge is 0.302 e. The van der Waals surface area contributed by atoms with Crippen LogP contribution < -0.4 is 5.32 Å². The summed E-state index contributed by atoms with van der Waals surface area (Å²) in [5.41, 5.74) is 2.14. The third kappa shape index (κ3) is 8.35. The van der Waals surface area contributed by atoms with Gasteiger partial charge in [-0.05, 0) is 30.9 Å². The van der Waals surface area contributed by atoms with Gasteiger partial charge in [0.25, 0.3) is 0 Å². The lowest BCUT2D eigenvalue weighted by molar-refractivity contribution is -0.150. The van der Waals surface area contributed by atoms with Crippen LogP contribution in [0.4, 0.5) is 0 Å². The Balaban J connectivity index is 1.71. The first kappa shape index (κ1) is 21.6. The van der Waals surface area contributed by atoms with Crippen LogP contribution in [-0.4, -0.2) is 24.6 Å². The molecule has 0 saturated carbocycles. The molecule has 2 aromatic carbocycles. The fourth-order valence-corrected chi connectivity index (χ4v) is 2.92. The molecule has 0 aliphatic rings. The topological polar surface area (TPSA) is 64.6 Å². The van der Waals surface area contributed by atoms with Crippen molar-refractivity contribution in [2.75, 3.05) is 6.61 Å². The average Bonchev–Trinajstić information content (AvgIpc) is 2.69. The number of ether oxygens (including phenoxy) is 2. The maximum atomic E-state index is 12.2. The third-order valence-corrected chi connectivity index (χ3v) is 4.35. The molecule has 0 aromatic heterocycles. The van der Waals surface area contributed by atoms with Gasteiger partial charge in [0.2, 0.25) is 5.91 Å². The third-order valence-electron chi connectivity index (χ3n) is 4.35. The summed E-state index contributed by atoms with van der Waals surface area (Å²) in [7, 11) is 0. The van der Waals surface area contributed by atoms with E-state index in [1.807, 2.05) is 67.6 Å². The number of benzene rings is 2. The van der Waals surface area contributed by atoms with E-state index in [2.05, 4.69) is 5.32 Å². The quantitative estimate of drug-likeness (QED) is 0.591. The van der Waals surface area contributed by atoms with Crippen molar-refractivity contribution < 1.29 is 19.1 Å². The molecule has 0 aliphatic carbocycles. The van der Waals surface area contributed by atoms with Crippen LogP contribution in [0.25, 0.3) is 0 Å². The van der Waals surface area contributed by atoms with E-state index < -0.39 is 0 Å². The van der Waals surface area contributed by atoms with E-state index >= 15 is 0 Å². The van der Waals surface area contributed by atoms with E-state index in [-0.39, 0.29) is 24.0 Å². The van der Waals surface area contributed by atoms with E-state index in [9.17, 15) is 9.59 Å².